The molecule has 0 radical (unpaired) electrons. The van der Waals surface area contributed by atoms with Crippen LogP contribution < -0.4 is 0 Å². The lowest BCUT2D eigenvalue weighted by molar-refractivity contribution is 0.134. The maximum atomic E-state index is 10.0. The third-order valence-electron chi connectivity index (χ3n) is 2.61. The number of hydrogen-bond acceptors (Lipinski definition) is 3. The lowest BCUT2D eigenvalue weighted by Crippen LogP contribution is -2.05. The van der Waals surface area contributed by atoms with E-state index in [4.69, 9.17) is 0 Å². The van der Waals surface area contributed by atoms with Crippen molar-refractivity contribution in [2.24, 2.45) is 5.92 Å². The molecular formula is C9H13NOS. The highest BCUT2D eigenvalue weighted by molar-refractivity contribution is 7.11. The molecule has 3 heteroatoms. The second kappa shape index (κ2) is 2.54. The van der Waals surface area contributed by atoms with Gasteiger partial charge in [0.05, 0.1) is 9.88 Å². The zero-order valence-electron chi connectivity index (χ0n) is 7.37. The van der Waals surface area contributed by atoms with Crippen LogP contribution in [0.4, 0.5) is 0 Å². The van der Waals surface area contributed by atoms with Gasteiger partial charge in [-0.2, -0.15) is 0 Å². The third-order valence-corrected chi connectivity index (χ3v) is 3.69. The Labute approximate surface area is 76.3 Å². The number of aromatic nitrogens is 1. The molecule has 1 fully saturated rings. The molecule has 1 saturated carbocycles. The summed E-state index contributed by atoms with van der Waals surface area (Å²) in [7, 11) is 0. The van der Waals surface area contributed by atoms with E-state index in [1.165, 1.54) is 0 Å². The van der Waals surface area contributed by atoms with Crippen molar-refractivity contribution in [1.82, 2.24) is 4.98 Å². The van der Waals surface area contributed by atoms with Crippen LogP contribution in [0.1, 0.15) is 29.7 Å². The van der Waals surface area contributed by atoms with Gasteiger partial charge in [-0.05, 0) is 19.3 Å². The van der Waals surface area contributed by atoms with Gasteiger partial charge in [-0.15, -0.1) is 11.3 Å². The molecule has 2 rings (SSSR count). The molecule has 2 unspecified atom stereocenters. The lowest BCUT2D eigenvalue weighted by Gasteiger charge is -2.04. The van der Waals surface area contributed by atoms with Crippen LogP contribution in [0.2, 0.25) is 0 Å². The molecule has 1 aliphatic carbocycles. The van der Waals surface area contributed by atoms with Crippen LogP contribution in [0.25, 0.3) is 0 Å². The smallest absolute Gasteiger partial charge is 0.104 e. The average molecular weight is 183 g/mol. The zero-order valence-corrected chi connectivity index (χ0v) is 8.19. The summed E-state index contributed by atoms with van der Waals surface area (Å²) < 4.78 is 0. The molecule has 0 amide bonds. The molecule has 0 saturated heterocycles. The molecule has 1 aromatic heterocycles. The Morgan fingerprint density at radius 1 is 1.83 bits per heavy atom. The second-order valence-corrected chi connectivity index (χ2v) is 4.71. The summed E-state index contributed by atoms with van der Waals surface area (Å²) in [6.45, 7) is 4.09. The number of aliphatic hydroxyl groups is 1. The number of rotatable bonds is 2. The van der Waals surface area contributed by atoms with Crippen LogP contribution in [0.15, 0.2) is 6.20 Å². The Kier molecular flexibility index (Phi) is 1.73. The highest BCUT2D eigenvalue weighted by Crippen LogP contribution is 2.54. The van der Waals surface area contributed by atoms with E-state index < -0.39 is 5.60 Å². The summed E-state index contributed by atoms with van der Waals surface area (Å²) in [4.78, 5) is 5.20. The molecule has 0 spiro atoms. The maximum absolute atomic E-state index is 10.0. The maximum Gasteiger partial charge on any atom is 0.104 e. The molecule has 2 atom stereocenters. The number of nitrogens with zero attached hydrogens (tertiary/aromatic N) is 1. The van der Waals surface area contributed by atoms with Gasteiger partial charge in [0, 0.05) is 6.20 Å². The fourth-order valence-electron chi connectivity index (χ4n) is 1.66. The Morgan fingerprint density at radius 3 is 3.00 bits per heavy atom. The minimum atomic E-state index is -0.513. The molecule has 66 valence electrons. The van der Waals surface area contributed by atoms with E-state index >= 15 is 0 Å². The quantitative estimate of drug-likeness (QED) is 0.761. The van der Waals surface area contributed by atoms with Crippen molar-refractivity contribution in [2.75, 3.05) is 0 Å². The van der Waals surface area contributed by atoms with E-state index in [1.54, 1.807) is 11.3 Å². The summed E-state index contributed by atoms with van der Waals surface area (Å²) in [5.41, 5.74) is -0.513. The molecule has 2 nitrogen and oxygen atoms in total. The molecule has 0 bridgehead atoms. The van der Waals surface area contributed by atoms with Gasteiger partial charge in [0.1, 0.15) is 5.60 Å². The van der Waals surface area contributed by atoms with Gasteiger partial charge in [0.15, 0.2) is 0 Å². The molecule has 1 aliphatic rings. The SMILES string of the molecule is CCC1CC1(O)c1cnc(C)s1. The van der Waals surface area contributed by atoms with Gasteiger partial charge in [-0.1, -0.05) is 13.3 Å². The van der Waals surface area contributed by atoms with Gasteiger partial charge in [-0.25, -0.2) is 4.98 Å². The molecule has 12 heavy (non-hydrogen) atoms. The van der Waals surface area contributed by atoms with Crippen LogP contribution in [-0.4, -0.2) is 10.1 Å². The van der Waals surface area contributed by atoms with Gasteiger partial charge in [-0.3, -0.25) is 0 Å². The predicted molar refractivity (Wildman–Crippen MR) is 49.1 cm³/mol. The second-order valence-electron chi connectivity index (χ2n) is 3.48. The van der Waals surface area contributed by atoms with Crippen LogP contribution in [0.5, 0.6) is 0 Å². The Morgan fingerprint density at radius 2 is 2.58 bits per heavy atom. The lowest BCUT2D eigenvalue weighted by atomic mass is 10.2. The van der Waals surface area contributed by atoms with Crippen molar-refractivity contribution in [3.63, 3.8) is 0 Å². The van der Waals surface area contributed by atoms with E-state index in [9.17, 15) is 5.11 Å². The Balaban J connectivity index is 2.22. The van der Waals surface area contributed by atoms with Crippen LogP contribution in [0.3, 0.4) is 0 Å². The molecule has 0 aromatic carbocycles. The normalized spacial score (nSPS) is 33.8. The van der Waals surface area contributed by atoms with Crippen molar-refractivity contribution >= 4 is 11.3 Å². The van der Waals surface area contributed by atoms with E-state index in [0.717, 1.165) is 22.7 Å². The van der Waals surface area contributed by atoms with Gasteiger partial charge < -0.3 is 5.11 Å². The predicted octanol–water partition coefficient (Wildman–Crippen LogP) is 2.07. The molecule has 0 aliphatic heterocycles. The number of hydrogen-bond donors (Lipinski definition) is 1. The van der Waals surface area contributed by atoms with E-state index in [2.05, 4.69) is 11.9 Å². The van der Waals surface area contributed by atoms with Crippen molar-refractivity contribution in [1.29, 1.82) is 0 Å². The monoisotopic (exact) mass is 183 g/mol. The highest BCUT2D eigenvalue weighted by Gasteiger charge is 2.53. The van der Waals surface area contributed by atoms with Gasteiger partial charge >= 0.3 is 0 Å². The summed E-state index contributed by atoms with van der Waals surface area (Å²) in [5, 5.41) is 11.1. The molecule has 1 N–H and O–H groups in total. The van der Waals surface area contributed by atoms with Crippen molar-refractivity contribution < 1.29 is 5.11 Å². The molecular weight excluding hydrogens is 170 g/mol. The largest absolute Gasteiger partial charge is 0.384 e. The fraction of sp³-hybridized carbons (Fsp3) is 0.667. The van der Waals surface area contributed by atoms with E-state index in [-0.39, 0.29) is 0 Å². The zero-order chi connectivity index (χ0) is 8.77. The topological polar surface area (TPSA) is 33.1 Å². The summed E-state index contributed by atoms with van der Waals surface area (Å²) in [6.07, 6.45) is 3.80. The van der Waals surface area contributed by atoms with E-state index in [0.29, 0.717) is 5.92 Å². The molecule has 1 heterocycles. The summed E-state index contributed by atoms with van der Waals surface area (Å²) in [6, 6.07) is 0. The molecule has 1 aromatic rings. The van der Waals surface area contributed by atoms with Gasteiger partial charge in [0.2, 0.25) is 0 Å². The number of aryl methyl sites for hydroxylation is 1. The average Bonchev–Trinajstić information content (AvgIpc) is 2.50. The number of thiazole rings is 1. The third kappa shape index (κ3) is 1.08. The Hall–Kier alpha value is -0.410. The van der Waals surface area contributed by atoms with Crippen molar-refractivity contribution in [3.05, 3.63) is 16.1 Å². The minimum absolute atomic E-state index is 0.470. The summed E-state index contributed by atoms with van der Waals surface area (Å²) in [5.74, 6) is 0.470. The first kappa shape index (κ1) is 8.20. The van der Waals surface area contributed by atoms with E-state index in [1.807, 2.05) is 13.1 Å². The van der Waals surface area contributed by atoms with Crippen molar-refractivity contribution in [3.8, 4) is 0 Å². The van der Waals surface area contributed by atoms with Crippen molar-refractivity contribution in [2.45, 2.75) is 32.3 Å². The Bertz CT molecular complexity index is 296. The first-order valence-electron chi connectivity index (χ1n) is 4.32. The van der Waals surface area contributed by atoms with Crippen LogP contribution in [0, 0.1) is 12.8 Å². The first-order chi connectivity index (χ1) is 5.66. The van der Waals surface area contributed by atoms with Gasteiger partial charge in [0.25, 0.3) is 0 Å². The highest BCUT2D eigenvalue weighted by atomic mass is 32.1. The summed E-state index contributed by atoms with van der Waals surface area (Å²) >= 11 is 1.62. The minimum Gasteiger partial charge on any atom is -0.384 e. The standard InChI is InChI=1S/C9H13NOS/c1-3-7-4-9(7,11)8-5-10-6(2)12-8/h5,7,11H,3-4H2,1-2H3. The fourth-order valence-corrected chi connectivity index (χ4v) is 2.62. The van der Waals surface area contributed by atoms with Crippen LogP contribution >= 0.6 is 11.3 Å². The van der Waals surface area contributed by atoms with Crippen LogP contribution in [-0.2, 0) is 5.60 Å². The first-order valence-corrected chi connectivity index (χ1v) is 5.13.